The number of ketones is 1. The van der Waals surface area contributed by atoms with Gasteiger partial charge < -0.3 is 14.6 Å². The maximum absolute atomic E-state index is 12.9. The molecule has 2 rings (SSSR count). The highest BCUT2D eigenvalue weighted by Gasteiger charge is 2.44. The standard InChI is InChI=1S/C19H20O5/c1-14(2)18(22)23-12-13-24-19(11-7-6-10-16(19)20)17(21)15-8-4-3-5-9-15/h3-11,16,20H,1,12-13H2,2H3. The molecule has 0 bridgehead atoms. The summed E-state index contributed by atoms with van der Waals surface area (Å²) in [5.74, 6) is -0.885. The van der Waals surface area contributed by atoms with Crippen LogP contribution in [0.2, 0.25) is 0 Å². The van der Waals surface area contributed by atoms with Crippen LogP contribution in [0.5, 0.6) is 0 Å². The van der Waals surface area contributed by atoms with E-state index in [4.69, 9.17) is 9.47 Å². The molecule has 1 aliphatic rings. The van der Waals surface area contributed by atoms with E-state index >= 15 is 0 Å². The molecule has 1 N–H and O–H groups in total. The van der Waals surface area contributed by atoms with Crippen molar-refractivity contribution in [1.82, 2.24) is 0 Å². The molecule has 1 aromatic carbocycles. The van der Waals surface area contributed by atoms with Crippen molar-refractivity contribution in [2.24, 2.45) is 0 Å². The van der Waals surface area contributed by atoms with Crippen LogP contribution in [0.1, 0.15) is 17.3 Å². The van der Waals surface area contributed by atoms with Crippen molar-refractivity contribution in [3.8, 4) is 0 Å². The lowest BCUT2D eigenvalue weighted by atomic mass is 9.84. The second kappa shape index (κ2) is 7.86. The van der Waals surface area contributed by atoms with E-state index < -0.39 is 17.7 Å². The summed E-state index contributed by atoms with van der Waals surface area (Å²) in [6.07, 6.45) is 5.17. The van der Waals surface area contributed by atoms with Gasteiger partial charge in [-0.1, -0.05) is 55.1 Å². The van der Waals surface area contributed by atoms with Crippen molar-refractivity contribution in [2.45, 2.75) is 18.6 Å². The Kier molecular flexibility index (Phi) is 5.84. The van der Waals surface area contributed by atoms with Crippen molar-refractivity contribution in [3.05, 3.63) is 72.4 Å². The summed E-state index contributed by atoms with van der Waals surface area (Å²) < 4.78 is 10.6. The second-order valence-corrected chi connectivity index (χ2v) is 5.44. The first kappa shape index (κ1) is 17.8. The van der Waals surface area contributed by atoms with E-state index in [1.165, 1.54) is 12.2 Å². The van der Waals surface area contributed by atoms with Crippen LogP contribution >= 0.6 is 0 Å². The third kappa shape index (κ3) is 3.88. The minimum absolute atomic E-state index is 0.0349. The lowest BCUT2D eigenvalue weighted by Crippen LogP contribution is -2.51. The largest absolute Gasteiger partial charge is 0.460 e. The van der Waals surface area contributed by atoms with E-state index in [9.17, 15) is 14.7 Å². The summed E-state index contributed by atoms with van der Waals surface area (Å²) >= 11 is 0. The van der Waals surface area contributed by atoms with Crippen molar-refractivity contribution in [1.29, 1.82) is 0 Å². The summed E-state index contributed by atoms with van der Waals surface area (Å²) in [7, 11) is 0. The van der Waals surface area contributed by atoms with Crippen molar-refractivity contribution < 1.29 is 24.2 Å². The number of carbonyl (C=O) groups is 2. The number of ether oxygens (including phenoxy) is 2. The third-order valence-electron chi connectivity index (χ3n) is 3.58. The van der Waals surface area contributed by atoms with E-state index in [0.717, 1.165) is 0 Å². The average Bonchev–Trinajstić information content (AvgIpc) is 2.60. The van der Waals surface area contributed by atoms with Crippen LogP contribution < -0.4 is 0 Å². The van der Waals surface area contributed by atoms with Crippen molar-refractivity contribution in [3.63, 3.8) is 0 Å². The van der Waals surface area contributed by atoms with Gasteiger partial charge in [0.2, 0.25) is 5.78 Å². The summed E-state index contributed by atoms with van der Waals surface area (Å²) in [6, 6.07) is 8.60. The Balaban J connectivity index is 2.12. The van der Waals surface area contributed by atoms with Crippen molar-refractivity contribution >= 4 is 11.8 Å². The molecule has 0 fully saturated rings. The fourth-order valence-electron chi connectivity index (χ4n) is 2.30. The number of rotatable bonds is 7. The highest BCUT2D eigenvalue weighted by molar-refractivity contribution is 6.04. The van der Waals surface area contributed by atoms with E-state index in [0.29, 0.717) is 5.56 Å². The number of aliphatic hydroxyl groups is 1. The number of allylic oxidation sites excluding steroid dienone is 2. The number of benzene rings is 1. The molecule has 0 saturated heterocycles. The molecule has 24 heavy (non-hydrogen) atoms. The summed E-state index contributed by atoms with van der Waals surface area (Å²) in [5, 5.41) is 10.3. The average molecular weight is 328 g/mol. The number of hydrogen-bond acceptors (Lipinski definition) is 5. The second-order valence-electron chi connectivity index (χ2n) is 5.44. The normalized spacial score (nSPS) is 22.2. The molecule has 2 atom stereocenters. The molecule has 0 spiro atoms. The fourth-order valence-corrected chi connectivity index (χ4v) is 2.30. The summed E-state index contributed by atoms with van der Waals surface area (Å²) in [5.41, 5.74) is -0.827. The summed E-state index contributed by atoms with van der Waals surface area (Å²) in [6.45, 7) is 4.95. The van der Waals surface area contributed by atoms with Gasteiger partial charge in [0.25, 0.3) is 0 Å². The van der Waals surface area contributed by atoms with Crippen LogP contribution in [0.3, 0.4) is 0 Å². The van der Waals surface area contributed by atoms with Gasteiger partial charge in [-0.3, -0.25) is 4.79 Å². The zero-order chi connectivity index (χ0) is 17.6. The SMILES string of the molecule is C=C(C)C(=O)OCCOC1(C(=O)c2ccccc2)C=CC=CC1O. The van der Waals surface area contributed by atoms with Gasteiger partial charge in [-0.2, -0.15) is 0 Å². The molecule has 2 unspecified atom stereocenters. The maximum Gasteiger partial charge on any atom is 0.333 e. The van der Waals surface area contributed by atoms with E-state index in [1.807, 2.05) is 0 Å². The molecular formula is C19H20O5. The molecule has 5 heteroatoms. The Morgan fingerprint density at radius 2 is 1.92 bits per heavy atom. The molecule has 0 amide bonds. The van der Waals surface area contributed by atoms with Crippen LogP contribution in [0.15, 0.2) is 66.8 Å². The van der Waals surface area contributed by atoms with Gasteiger partial charge in [0, 0.05) is 11.1 Å². The van der Waals surface area contributed by atoms with Gasteiger partial charge in [-0.15, -0.1) is 0 Å². The molecule has 0 aromatic heterocycles. The topological polar surface area (TPSA) is 72.8 Å². The maximum atomic E-state index is 12.9. The summed E-state index contributed by atoms with van der Waals surface area (Å²) in [4.78, 5) is 24.3. The van der Waals surface area contributed by atoms with Gasteiger partial charge >= 0.3 is 5.97 Å². The third-order valence-corrected chi connectivity index (χ3v) is 3.58. The minimum atomic E-state index is -1.54. The zero-order valence-electron chi connectivity index (χ0n) is 13.5. The van der Waals surface area contributed by atoms with E-state index in [-0.39, 0.29) is 24.6 Å². The molecule has 1 aromatic rings. The van der Waals surface area contributed by atoms with Crippen LogP contribution in [-0.2, 0) is 14.3 Å². The lowest BCUT2D eigenvalue weighted by molar-refractivity contribution is -0.142. The predicted molar refractivity (Wildman–Crippen MR) is 89.5 cm³/mol. The molecule has 5 nitrogen and oxygen atoms in total. The van der Waals surface area contributed by atoms with Gasteiger partial charge in [0.15, 0.2) is 5.60 Å². The first-order chi connectivity index (χ1) is 11.5. The Morgan fingerprint density at radius 3 is 2.54 bits per heavy atom. The van der Waals surface area contributed by atoms with Gasteiger partial charge in [0.1, 0.15) is 12.7 Å². The number of esters is 1. The lowest BCUT2D eigenvalue weighted by Gasteiger charge is -2.34. The highest BCUT2D eigenvalue weighted by Crippen LogP contribution is 2.28. The van der Waals surface area contributed by atoms with E-state index in [1.54, 1.807) is 49.4 Å². The minimum Gasteiger partial charge on any atom is -0.460 e. The van der Waals surface area contributed by atoms with Gasteiger partial charge in [-0.05, 0) is 13.0 Å². The Bertz CT molecular complexity index is 674. The fraction of sp³-hybridized carbons (Fsp3) is 0.263. The van der Waals surface area contributed by atoms with Gasteiger partial charge in [-0.25, -0.2) is 4.79 Å². The number of Topliss-reactive ketones (excluding diaryl/α,β-unsaturated/α-hetero) is 1. The quantitative estimate of drug-likeness (QED) is 0.360. The number of hydrogen-bond donors (Lipinski definition) is 1. The van der Waals surface area contributed by atoms with Crippen LogP contribution in [0.4, 0.5) is 0 Å². The first-order valence-corrected chi connectivity index (χ1v) is 7.58. The number of aliphatic hydroxyl groups excluding tert-OH is 1. The molecular weight excluding hydrogens is 308 g/mol. The smallest absolute Gasteiger partial charge is 0.333 e. The molecule has 0 heterocycles. The molecule has 0 saturated carbocycles. The molecule has 0 radical (unpaired) electrons. The van der Waals surface area contributed by atoms with E-state index in [2.05, 4.69) is 6.58 Å². The zero-order valence-corrected chi connectivity index (χ0v) is 13.5. The molecule has 126 valence electrons. The highest BCUT2D eigenvalue weighted by atomic mass is 16.6. The van der Waals surface area contributed by atoms with Crippen molar-refractivity contribution in [2.75, 3.05) is 13.2 Å². The Hall–Kier alpha value is -2.50. The Labute approximate surface area is 140 Å². The van der Waals surface area contributed by atoms with Crippen LogP contribution in [0, 0.1) is 0 Å². The predicted octanol–water partition coefficient (Wildman–Crippen LogP) is 2.23. The molecule has 0 aliphatic heterocycles. The monoisotopic (exact) mass is 328 g/mol. The Morgan fingerprint density at radius 1 is 1.21 bits per heavy atom. The number of carbonyl (C=O) groups excluding carboxylic acids is 2. The van der Waals surface area contributed by atoms with Crippen LogP contribution in [0.25, 0.3) is 0 Å². The molecule has 1 aliphatic carbocycles. The van der Waals surface area contributed by atoms with Crippen LogP contribution in [-0.4, -0.2) is 41.8 Å². The van der Waals surface area contributed by atoms with Gasteiger partial charge in [0.05, 0.1) is 6.61 Å². The first-order valence-electron chi connectivity index (χ1n) is 7.58.